The van der Waals surface area contributed by atoms with E-state index in [0.29, 0.717) is 12.8 Å². The predicted molar refractivity (Wildman–Crippen MR) is 203 cm³/mol. The van der Waals surface area contributed by atoms with Crippen LogP contribution in [0.15, 0.2) is 0 Å². The fourth-order valence-corrected chi connectivity index (χ4v) is 6.20. The van der Waals surface area contributed by atoms with Crippen molar-refractivity contribution in [2.75, 3.05) is 27.3 Å². The summed E-state index contributed by atoms with van der Waals surface area (Å²) in [5, 5.41) is 0. The molecule has 5 nitrogen and oxygen atoms in total. The first-order valence-corrected chi connectivity index (χ1v) is 20.8. The molecule has 0 heterocycles. The molecule has 0 aliphatic heterocycles. The topological polar surface area (TPSA) is 55.8 Å². The summed E-state index contributed by atoms with van der Waals surface area (Å²) in [5.41, 5.74) is -0.518. The van der Waals surface area contributed by atoms with Crippen molar-refractivity contribution in [3.8, 4) is 0 Å². The lowest BCUT2D eigenvalue weighted by atomic mass is 10.0. The predicted octanol–water partition coefficient (Wildman–Crippen LogP) is 12.9. The van der Waals surface area contributed by atoms with Crippen molar-refractivity contribution in [3.63, 3.8) is 0 Å². The van der Waals surface area contributed by atoms with Gasteiger partial charge in [-0.25, -0.2) is 0 Å². The molecule has 0 bridgehead atoms. The van der Waals surface area contributed by atoms with E-state index in [1.807, 2.05) is 25.9 Å². The molecule has 0 aromatic carbocycles. The molecule has 0 aromatic heterocycles. The highest BCUT2D eigenvalue weighted by atomic mass is 16.5. The van der Waals surface area contributed by atoms with Gasteiger partial charge in [-0.3, -0.25) is 14.5 Å². The molecule has 0 saturated carbocycles. The summed E-state index contributed by atoms with van der Waals surface area (Å²) in [5.74, 6) is -0.284. The summed E-state index contributed by atoms with van der Waals surface area (Å²) >= 11 is 0. The molecule has 0 spiro atoms. The van der Waals surface area contributed by atoms with E-state index in [1.54, 1.807) is 0 Å². The molecule has 280 valence electrons. The smallest absolute Gasteiger partial charge is 0.305 e. The minimum Gasteiger partial charge on any atom is -0.464 e. The van der Waals surface area contributed by atoms with Crippen molar-refractivity contribution >= 4 is 11.9 Å². The average Bonchev–Trinajstić information content (AvgIpc) is 3.06. The van der Waals surface area contributed by atoms with Gasteiger partial charge < -0.3 is 9.47 Å². The minimum absolute atomic E-state index is 0.142. The van der Waals surface area contributed by atoms with Gasteiger partial charge in [0.05, 0.1) is 5.54 Å². The van der Waals surface area contributed by atoms with Gasteiger partial charge in [-0.2, -0.15) is 0 Å². The van der Waals surface area contributed by atoms with Crippen molar-refractivity contribution < 1.29 is 19.1 Å². The summed E-state index contributed by atoms with van der Waals surface area (Å²) in [6, 6.07) is 0. The number of hydrogen-bond acceptors (Lipinski definition) is 5. The van der Waals surface area contributed by atoms with Crippen LogP contribution < -0.4 is 0 Å². The van der Waals surface area contributed by atoms with E-state index in [-0.39, 0.29) is 25.2 Å². The number of likely N-dealkylation sites (N-methyl/N-ethyl adjacent to an activating group) is 1. The van der Waals surface area contributed by atoms with Crippen LogP contribution >= 0.6 is 0 Å². The highest BCUT2D eigenvalue weighted by Gasteiger charge is 2.31. The van der Waals surface area contributed by atoms with Gasteiger partial charge >= 0.3 is 11.9 Å². The fraction of sp³-hybridized carbons (Fsp3) is 0.952. The van der Waals surface area contributed by atoms with E-state index in [0.717, 1.165) is 25.7 Å². The maximum atomic E-state index is 12.4. The van der Waals surface area contributed by atoms with E-state index in [1.165, 1.54) is 167 Å². The normalized spacial score (nSPS) is 11.8. The quantitative estimate of drug-likeness (QED) is 0.0488. The van der Waals surface area contributed by atoms with E-state index in [4.69, 9.17) is 9.47 Å². The summed E-state index contributed by atoms with van der Waals surface area (Å²) in [6.45, 7) is 7.03. The molecule has 0 saturated heterocycles. The first-order chi connectivity index (χ1) is 22.9. The maximum absolute atomic E-state index is 12.4. The highest BCUT2D eigenvalue weighted by molar-refractivity contribution is 5.70. The number of unbranched alkanes of at least 4 members (excludes halogenated alkanes) is 28. The van der Waals surface area contributed by atoms with Crippen molar-refractivity contribution in [1.29, 1.82) is 0 Å². The molecule has 5 heteroatoms. The van der Waals surface area contributed by atoms with Gasteiger partial charge in [0.25, 0.3) is 0 Å². The van der Waals surface area contributed by atoms with Crippen molar-refractivity contribution in [2.45, 2.75) is 232 Å². The lowest BCUT2D eigenvalue weighted by molar-refractivity contribution is -0.154. The Hall–Kier alpha value is -1.10. The molecule has 0 aliphatic rings. The lowest BCUT2D eigenvalue weighted by Crippen LogP contribution is -2.50. The molecule has 0 N–H and O–H groups in total. The summed E-state index contributed by atoms with van der Waals surface area (Å²) in [4.78, 5) is 26.8. The molecule has 0 rings (SSSR count). The Balaban J connectivity index is 3.72. The lowest BCUT2D eigenvalue weighted by Gasteiger charge is -2.35. The summed E-state index contributed by atoms with van der Waals surface area (Å²) < 4.78 is 11.3. The maximum Gasteiger partial charge on any atom is 0.305 e. The van der Waals surface area contributed by atoms with Crippen molar-refractivity contribution in [3.05, 3.63) is 0 Å². The largest absolute Gasteiger partial charge is 0.464 e. The van der Waals surface area contributed by atoms with Crippen LogP contribution in [0.25, 0.3) is 0 Å². The Morgan fingerprint density at radius 1 is 0.404 bits per heavy atom. The number of hydrogen-bond donors (Lipinski definition) is 0. The van der Waals surface area contributed by atoms with Crippen LogP contribution in [0.1, 0.15) is 226 Å². The monoisotopic (exact) mass is 666 g/mol. The molecule has 47 heavy (non-hydrogen) atoms. The van der Waals surface area contributed by atoms with Crippen LogP contribution in [0.5, 0.6) is 0 Å². The number of esters is 2. The number of carbonyl (C=O) groups is 2. The van der Waals surface area contributed by atoms with E-state index in [2.05, 4.69) is 13.8 Å². The second-order valence-corrected chi connectivity index (χ2v) is 15.1. The average molecular weight is 666 g/mol. The van der Waals surface area contributed by atoms with E-state index in [9.17, 15) is 9.59 Å². The second-order valence-electron chi connectivity index (χ2n) is 15.1. The molecule has 0 unspecified atom stereocenters. The van der Waals surface area contributed by atoms with Gasteiger partial charge in [0, 0.05) is 12.8 Å². The third-order valence-electron chi connectivity index (χ3n) is 10.1. The number of ether oxygens (including phenoxy) is 2. The number of nitrogens with zero attached hydrogens (tertiary/aromatic N) is 1. The first kappa shape index (κ1) is 45.9. The molecule has 0 fully saturated rings. The van der Waals surface area contributed by atoms with Crippen LogP contribution in [0.4, 0.5) is 0 Å². The second kappa shape index (κ2) is 34.8. The van der Waals surface area contributed by atoms with E-state index >= 15 is 0 Å². The Labute approximate surface area is 294 Å². The molecule has 0 aromatic rings. The van der Waals surface area contributed by atoms with Crippen LogP contribution in [-0.2, 0) is 19.1 Å². The Morgan fingerprint density at radius 2 is 0.617 bits per heavy atom. The standard InChI is InChI=1S/C42H83NO4/c1-6-8-10-12-14-16-18-20-22-24-26-28-30-32-34-36-40(44)46-38-42(3,43(4)5)39-47-41(45)37-35-33-31-29-27-25-23-21-19-17-15-13-11-9-7-2/h6-39H2,1-5H3. The summed E-state index contributed by atoms with van der Waals surface area (Å²) in [6.07, 6.45) is 40.4. The van der Waals surface area contributed by atoms with Crippen LogP contribution in [0.2, 0.25) is 0 Å². The molecule has 0 radical (unpaired) electrons. The molecule has 0 atom stereocenters. The van der Waals surface area contributed by atoms with Gasteiger partial charge in [-0.1, -0.05) is 194 Å². The molecular weight excluding hydrogens is 582 g/mol. The van der Waals surface area contributed by atoms with Crippen LogP contribution in [0, 0.1) is 0 Å². The zero-order chi connectivity index (χ0) is 34.7. The fourth-order valence-electron chi connectivity index (χ4n) is 6.20. The Kier molecular flexibility index (Phi) is 33.9. The molecule has 0 amide bonds. The minimum atomic E-state index is -0.518. The van der Waals surface area contributed by atoms with Crippen LogP contribution in [0.3, 0.4) is 0 Å². The van der Waals surface area contributed by atoms with Gasteiger partial charge in [0.2, 0.25) is 0 Å². The van der Waals surface area contributed by atoms with Gasteiger partial charge in [-0.05, 0) is 33.9 Å². The summed E-state index contributed by atoms with van der Waals surface area (Å²) in [7, 11) is 3.90. The number of carbonyl (C=O) groups excluding carboxylic acids is 2. The third-order valence-corrected chi connectivity index (χ3v) is 10.1. The highest BCUT2D eigenvalue weighted by Crippen LogP contribution is 2.18. The van der Waals surface area contributed by atoms with Crippen molar-refractivity contribution in [2.24, 2.45) is 0 Å². The van der Waals surface area contributed by atoms with E-state index < -0.39 is 5.54 Å². The van der Waals surface area contributed by atoms with Gasteiger partial charge in [0.1, 0.15) is 13.2 Å². The zero-order valence-corrected chi connectivity index (χ0v) is 32.6. The first-order valence-electron chi connectivity index (χ1n) is 20.8. The van der Waals surface area contributed by atoms with Gasteiger partial charge in [-0.15, -0.1) is 0 Å². The van der Waals surface area contributed by atoms with Gasteiger partial charge in [0.15, 0.2) is 0 Å². The molecular formula is C42H83NO4. The number of rotatable bonds is 37. The Morgan fingerprint density at radius 3 is 0.830 bits per heavy atom. The molecule has 0 aliphatic carbocycles. The third kappa shape index (κ3) is 31.9. The van der Waals surface area contributed by atoms with Crippen molar-refractivity contribution in [1.82, 2.24) is 4.90 Å². The van der Waals surface area contributed by atoms with Crippen LogP contribution in [-0.4, -0.2) is 49.7 Å². The zero-order valence-electron chi connectivity index (χ0n) is 32.6. The Bertz CT molecular complexity index is 630. The SMILES string of the molecule is CCCCCCCCCCCCCCCCCC(=O)OCC(C)(COC(=O)CCCCCCCCCCCCCCCCC)N(C)C.